The number of ketones is 1. The minimum Gasteiger partial charge on any atom is -0.497 e. The number of nitrogens with zero attached hydrogens (tertiary/aromatic N) is 2. The van der Waals surface area contributed by atoms with E-state index < -0.39 is 11.5 Å². The lowest BCUT2D eigenvalue weighted by molar-refractivity contribution is -0.135. The number of fused-ring (bicyclic) bond motifs is 1. The lowest BCUT2D eigenvalue weighted by atomic mass is 9.89. The highest BCUT2D eigenvalue weighted by Gasteiger charge is 2.48. The average molecular weight is 420 g/mol. The van der Waals surface area contributed by atoms with Crippen LogP contribution in [-0.4, -0.2) is 54.8 Å². The SMILES string of the molecule is COc1cccc(N2CC(C(=O)N3CCC4(CC(=O)c5ccccc5O4)C3)CC2=O)c1. The first-order valence-electron chi connectivity index (χ1n) is 10.5. The van der Waals surface area contributed by atoms with Gasteiger partial charge in [-0.2, -0.15) is 0 Å². The van der Waals surface area contributed by atoms with Crippen LogP contribution in [0.25, 0.3) is 0 Å². The van der Waals surface area contributed by atoms with Gasteiger partial charge in [0.15, 0.2) is 5.78 Å². The molecule has 2 amide bonds. The fraction of sp³-hybridized carbons (Fsp3) is 0.375. The van der Waals surface area contributed by atoms with Crippen LogP contribution >= 0.6 is 0 Å². The Hall–Kier alpha value is -3.35. The first kappa shape index (κ1) is 19.6. The summed E-state index contributed by atoms with van der Waals surface area (Å²) in [5.74, 6) is 0.787. The molecule has 2 fully saturated rings. The Balaban J connectivity index is 1.29. The fourth-order valence-electron chi connectivity index (χ4n) is 4.86. The summed E-state index contributed by atoms with van der Waals surface area (Å²) < 4.78 is 11.5. The second kappa shape index (κ2) is 7.41. The van der Waals surface area contributed by atoms with Crippen molar-refractivity contribution in [2.24, 2.45) is 5.92 Å². The van der Waals surface area contributed by atoms with Crippen molar-refractivity contribution in [1.29, 1.82) is 0 Å². The molecule has 7 heteroatoms. The third-order valence-corrected chi connectivity index (χ3v) is 6.46. The van der Waals surface area contributed by atoms with E-state index in [-0.39, 0.29) is 30.4 Å². The number of rotatable bonds is 3. The third kappa shape index (κ3) is 3.44. The Kier molecular flexibility index (Phi) is 4.68. The van der Waals surface area contributed by atoms with Crippen LogP contribution in [-0.2, 0) is 9.59 Å². The predicted octanol–water partition coefficient (Wildman–Crippen LogP) is 2.68. The molecule has 0 bridgehead atoms. The molecule has 160 valence electrons. The van der Waals surface area contributed by atoms with Crippen molar-refractivity contribution in [3.05, 3.63) is 54.1 Å². The van der Waals surface area contributed by atoms with Gasteiger partial charge in [-0.25, -0.2) is 0 Å². The number of anilines is 1. The smallest absolute Gasteiger partial charge is 0.228 e. The van der Waals surface area contributed by atoms with E-state index in [2.05, 4.69) is 0 Å². The molecule has 2 saturated heterocycles. The lowest BCUT2D eigenvalue weighted by Crippen LogP contribution is -2.46. The monoisotopic (exact) mass is 420 g/mol. The molecule has 7 nitrogen and oxygen atoms in total. The van der Waals surface area contributed by atoms with Gasteiger partial charge in [0.1, 0.15) is 17.1 Å². The van der Waals surface area contributed by atoms with Gasteiger partial charge in [0.25, 0.3) is 0 Å². The molecule has 2 aromatic rings. The fourth-order valence-corrected chi connectivity index (χ4v) is 4.86. The molecule has 3 heterocycles. The molecule has 2 unspecified atom stereocenters. The minimum absolute atomic E-state index is 0.0504. The van der Waals surface area contributed by atoms with Crippen LogP contribution < -0.4 is 14.4 Å². The molecule has 2 aromatic carbocycles. The van der Waals surface area contributed by atoms with Gasteiger partial charge >= 0.3 is 0 Å². The maximum atomic E-state index is 13.2. The average Bonchev–Trinajstić information content (AvgIpc) is 3.37. The van der Waals surface area contributed by atoms with Gasteiger partial charge in [-0.3, -0.25) is 14.4 Å². The number of hydrogen-bond acceptors (Lipinski definition) is 5. The van der Waals surface area contributed by atoms with E-state index in [4.69, 9.17) is 9.47 Å². The van der Waals surface area contributed by atoms with Crippen molar-refractivity contribution in [3.8, 4) is 11.5 Å². The first-order chi connectivity index (χ1) is 15.0. The van der Waals surface area contributed by atoms with Crippen LogP contribution in [0, 0.1) is 5.92 Å². The summed E-state index contributed by atoms with van der Waals surface area (Å²) in [6, 6.07) is 14.6. The molecule has 31 heavy (non-hydrogen) atoms. The maximum absolute atomic E-state index is 13.2. The molecule has 5 rings (SSSR count). The molecule has 0 aromatic heterocycles. The highest BCUT2D eigenvalue weighted by atomic mass is 16.5. The minimum atomic E-state index is -0.670. The Morgan fingerprint density at radius 3 is 2.84 bits per heavy atom. The Morgan fingerprint density at radius 1 is 1.16 bits per heavy atom. The number of likely N-dealkylation sites (tertiary alicyclic amines) is 1. The summed E-state index contributed by atoms with van der Waals surface area (Å²) in [7, 11) is 1.58. The highest BCUT2D eigenvalue weighted by Crippen LogP contribution is 2.39. The van der Waals surface area contributed by atoms with Crippen LogP contribution in [0.2, 0.25) is 0 Å². The standard InChI is InChI=1S/C24H24N2O5/c1-30-18-6-4-5-17(12-18)26-14-16(11-22(26)28)23(29)25-10-9-24(15-25)13-20(27)19-7-2-3-8-21(19)31-24/h2-8,12,16H,9-11,13-15H2,1H3. The number of para-hydroxylation sites is 1. The van der Waals surface area contributed by atoms with E-state index in [0.717, 1.165) is 5.69 Å². The summed E-state index contributed by atoms with van der Waals surface area (Å²) in [5, 5.41) is 0. The van der Waals surface area contributed by atoms with Crippen LogP contribution in [0.1, 0.15) is 29.6 Å². The van der Waals surface area contributed by atoms with E-state index >= 15 is 0 Å². The molecule has 0 saturated carbocycles. The summed E-state index contributed by atoms with van der Waals surface area (Å²) in [4.78, 5) is 41.9. The van der Waals surface area contributed by atoms with E-state index in [1.165, 1.54) is 0 Å². The van der Waals surface area contributed by atoms with Crippen molar-refractivity contribution >= 4 is 23.3 Å². The van der Waals surface area contributed by atoms with Gasteiger partial charge < -0.3 is 19.3 Å². The number of methoxy groups -OCH3 is 1. The zero-order valence-corrected chi connectivity index (χ0v) is 17.4. The normalized spacial score (nSPS) is 25.0. The highest BCUT2D eigenvalue weighted by molar-refractivity contribution is 6.01. The van der Waals surface area contributed by atoms with Crippen molar-refractivity contribution in [2.45, 2.75) is 24.9 Å². The molecule has 3 aliphatic rings. The summed E-state index contributed by atoms with van der Waals surface area (Å²) in [6.07, 6.45) is 1.06. The van der Waals surface area contributed by atoms with Gasteiger partial charge in [-0.15, -0.1) is 0 Å². The molecular formula is C24H24N2O5. The summed E-state index contributed by atoms with van der Waals surface area (Å²) in [5.41, 5.74) is 0.666. The van der Waals surface area contributed by atoms with Gasteiger partial charge in [0, 0.05) is 37.7 Å². The van der Waals surface area contributed by atoms with Crippen molar-refractivity contribution in [2.75, 3.05) is 31.6 Å². The number of ether oxygens (including phenoxy) is 2. The first-order valence-corrected chi connectivity index (χ1v) is 10.5. The topological polar surface area (TPSA) is 76.2 Å². The van der Waals surface area contributed by atoms with Gasteiger partial charge in [-0.1, -0.05) is 18.2 Å². The van der Waals surface area contributed by atoms with Crippen molar-refractivity contribution in [1.82, 2.24) is 4.90 Å². The quantitative estimate of drug-likeness (QED) is 0.763. The van der Waals surface area contributed by atoms with Crippen LogP contribution in [0.5, 0.6) is 11.5 Å². The van der Waals surface area contributed by atoms with E-state index in [9.17, 15) is 14.4 Å². The maximum Gasteiger partial charge on any atom is 0.228 e. The van der Waals surface area contributed by atoms with E-state index in [1.54, 1.807) is 35.1 Å². The molecule has 0 radical (unpaired) electrons. The van der Waals surface area contributed by atoms with Crippen LogP contribution in [0.3, 0.4) is 0 Å². The Labute approximate surface area is 180 Å². The summed E-state index contributed by atoms with van der Waals surface area (Å²) in [6.45, 7) is 1.24. The third-order valence-electron chi connectivity index (χ3n) is 6.46. The van der Waals surface area contributed by atoms with E-state index in [1.807, 2.05) is 30.3 Å². The lowest BCUT2D eigenvalue weighted by Gasteiger charge is -2.34. The van der Waals surface area contributed by atoms with Gasteiger partial charge in [-0.05, 0) is 24.3 Å². The second-order valence-electron chi connectivity index (χ2n) is 8.50. The summed E-state index contributed by atoms with van der Waals surface area (Å²) >= 11 is 0. The van der Waals surface area contributed by atoms with Crippen LogP contribution in [0.15, 0.2) is 48.5 Å². The molecule has 1 spiro atoms. The zero-order valence-electron chi connectivity index (χ0n) is 17.4. The number of Topliss-reactive ketones (excluding diaryl/α,β-unsaturated/α-hetero) is 1. The second-order valence-corrected chi connectivity index (χ2v) is 8.50. The van der Waals surface area contributed by atoms with Crippen molar-refractivity contribution < 1.29 is 23.9 Å². The number of amides is 2. The number of carbonyl (C=O) groups excluding carboxylic acids is 3. The Bertz CT molecular complexity index is 1070. The van der Waals surface area contributed by atoms with Gasteiger partial charge in [0.05, 0.1) is 31.6 Å². The number of carbonyl (C=O) groups is 3. The van der Waals surface area contributed by atoms with Gasteiger partial charge in [0.2, 0.25) is 11.8 Å². The largest absolute Gasteiger partial charge is 0.497 e. The number of benzene rings is 2. The van der Waals surface area contributed by atoms with Crippen molar-refractivity contribution in [3.63, 3.8) is 0 Å². The number of hydrogen-bond donors (Lipinski definition) is 0. The molecular weight excluding hydrogens is 396 g/mol. The molecule has 0 N–H and O–H groups in total. The zero-order chi connectivity index (χ0) is 21.6. The van der Waals surface area contributed by atoms with Crippen LogP contribution in [0.4, 0.5) is 5.69 Å². The predicted molar refractivity (Wildman–Crippen MR) is 113 cm³/mol. The Morgan fingerprint density at radius 2 is 2.00 bits per heavy atom. The van der Waals surface area contributed by atoms with E-state index in [0.29, 0.717) is 43.1 Å². The molecule has 2 atom stereocenters. The molecule has 3 aliphatic heterocycles. The molecule has 0 aliphatic carbocycles.